The average Bonchev–Trinajstić information content (AvgIpc) is 3.06. The van der Waals surface area contributed by atoms with Gasteiger partial charge in [-0.25, -0.2) is 0 Å². The number of hydrogen-bond donors (Lipinski definition) is 0. The molecule has 3 aromatic rings. The summed E-state index contributed by atoms with van der Waals surface area (Å²) in [5.41, 5.74) is 2.66. The van der Waals surface area contributed by atoms with Crippen molar-refractivity contribution in [2.45, 2.75) is 32.0 Å². The standard InChI is InChI=1S/C26H25NO5/c1-30-22-14-12-19(13-15-22)16-27-25(28)23(31-17-20-8-4-2-5-9-20)24(26(27)29)32-18-21-10-6-3-7-11-21/h2-15,23-24H,16-18H2,1H3/t23-,24-/m0/s1. The number of ether oxygens (including phenoxy) is 3. The zero-order valence-corrected chi connectivity index (χ0v) is 17.8. The highest BCUT2D eigenvalue weighted by atomic mass is 16.6. The molecule has 0 aliphatic carbocycles. The third kappa shape index (κ3) is 5.04. The van der Waals surface area contributed by atoms with Crippen molar-refractivity contribution in [3.63, 3.8) is 0 Å². The van der Waals surface area contributed by atoms with Crippen molar-refractivity contribution in [1.82, 2.24) is 4.90 Å². The molecule has 6 nitrogen and oxygen atoms in total. The van der Waals surface area contributed by atoms with Gasteiger partial charge in [-0.1, -0.05) is 72.8 Å². The molecule has 0 radical (unpaired) electrons. The Morgan fingerprint density at radius 1 is 0.656 bits per heavy atom. The van der Waals surface area contributed by atoms with Crippen LogP contribution < -0.4 is 4.74 Å². The van der Waals surface area contributed by atoms with Gasteiger partial charge in [0.2, 0.25) is 0 Å². The van der Waals surface area contributed by atoms with Crippen LogP contribution in [0, 0.1) is 0 Å². The Kier molecular flexibility index (Phi) is 6.94. The van der Waals surface area contributed by atoms with E-state index in [9.17, 15) is 9.59 Å². The molecule has 1 saturated heterocycles. The topological polar surface area (TPSA) is 65.1 Å². The van der Waals surface area contributed by atoms with Crippen LogP contribution in [0.3, 0.4) is 0 Å². The summed E-state index contributed by atoms with van der Waals surface area (Å²) in [6, 6.07) is 26.3. The van der Waals surface area contributed by atoms with E-state index in [4.69, 9.17) is 14.2 Å². The Labute approximate surface area is 187 Å². The second-order valence-corrected chi connectivity index (χ2v) is 7.55. The molecule has 0 bridgehead atoms. The van der Waals surface area contributed by atoms with E-state index in [0.29, 0.717) is 5.75 Å². The van der Waals surface area contributed by atoms with Crippen molar-refractivity contribution >= 4 is 11.8 Å². The SMILES string of the molecule is COc1ccc(CN2C(=O)[C@@H](OCc3ccccc3)[C@H](OCc3ccccc3)C2=O)cc1. The van der Waals surface area contributed by atoms with Crippen molar-refractivity contribution in [3.8, 4) is 5.75 Å². The van der Waals surface area contributed by atoms with E-state index in [1.54, 1.807) is 19.2 Å². The summed E-state index contributed by atoms with van der Waals surface area (Å²) in [7, 11) is 1.59. The molecule has 1 fully saturated rings. The lowest BCUT2D eigenvalue weighted by atomic mass is 10.2. The minimum absolute atomic E-state index is 0.151. The first-order valence-corrected chi connectivity index (χ1v) is 10.4. The second kappa shape index (κ2) is 10.2. The van der Waals surface area contributed by atoms with Gasteiger partial charge in [-0.05, 0) is 28.8 Å². The van der Waals surface area contributed by atoms with E-state index in [-0.39, 0.29) is 31.6 Å². The summed E-state index contributed by atoms with van der Waals surface area (Å²) < 4.78 is 17.0. The van der Waals surface area contributed by atoms with Crippen LogP contribution in [0.4, 0.5) is 0 Å². The molecule has 0 saturated carbocycles. The minimum atomic E-state index is -0.996. The van der Waals surface area contributed by atoms with Gasteiger partial charge in [0.05, 0.1) is 26.9 Å². The summed E-state index contributed by atoms with van der Waals surface area (Å²) >= 11 is 0. The molecule has 164 valence electrons. The zero-order valence-electron chi connectivity index (χ0n) is 17.8. The molecule has 1 aliphatic heterocycles. The molecule has 1 aliphatic rings. The summed E-state index contributed by atoms with van der Waals surface area (Å²) in [4.78, 5) is 27.5. The molecule has 2 amide bonds. The number of benzene rings is 3. The lowest BCUT2D eigenvalue weighted by molar-refractivity contribution is -0.143. The predicted molar refractivity (Wildman–Crippen MR) is 119 cm³/mol. The van der Waals surface area contributed by atoms with Crippen molar-refractivity contribution < 1.29 is 23.8 Å². The third-order valence-corrected chi connectivity index (χ3v) is 5.34. The van der Waals surface area contributed by atoms with Crippen LogP contribution in [-0.4, -0.2) is 36.0 Å². The monoisotopic (exact) mass is 431 g/mol. The second-order valence-electron chi connectivity index (χ2n) is 7.55. The van der Waals surface area contributed by atoms with Crippen LogP contribution in [0.1, 0.15) is 16.7 Å². The predicted octanol–water partition coefficient (Wildman–Crippen LogP) is 3.73. The van der Waals surface area contributed by atoms with Crippen molar-refractivity contribution in [2.75, 3.05) is 7.11 Å². The maximum Gasteiger partial charge on any atom is 0.261 e. The fraction of sp³-hybridized carbons (Fsp3) is 0.231. The van der Waals surface area contributed by atoms with E-state index < -0.39 is 12.2 Å². The van der Waals surface area contributed by atoms with Crippen LogP contribution in [0.15, 0.2) is 84.9 Å². The molecule has 1 heterocycles. The highest BCUT2D eigenvalue weighted by Gasteiger charge is 2.49. The Morgan fingerprint density at radius 2 is 1.12 bits per heavy atom. The van der Waals surface area contributed by atoms with Gasteiger partial charge in [0.1, 0.15) is 5.75 Å². The molecule has 4 rings (SSSR count). The molecule has 0 spiro atoms. The van der Waals surface area contributed by atoms with Gasteiger partial charge in [-0.2, -0.15) is 0 Å². The average molecular weight is 431 g/mol. The van der Waals surface area contributed by atoms with E-state index in [0.717, 1.165) is 16.7 Å². The zero-order chi connectivity index (χ0) is 22.3. The highest BCUT2D eigenvalue weighted by Crippen LogP contribution is 2.25. The normalized spacial score (nSPS) is 18.2. The van der Waals surface area contributed by atoms with Gasteiger partial charge in [0, 0.05) is 0 Å². The minimum Gasteiger partial charge on any atom is -0.497 e. The first kappa shape index (κ1) is 21.7. The van der Waals surface area contributed by atoms with E-state index in [1.807, 2.05) is 72.8 Å². The molecular formula is C26H25NO5. The van der Waals surface area contributed by atoms with Gasteiger partial charge in [-0.15, -0.1) is 0 Å². The number of rotatable bonds is 9. The van der Waals surface area contributed by atoms with E-state index in [2.05, 4.69) is 0 Å². The molecule has 0 unspecified atom stereocenters. The van der Waals surface area contributed by atoms with Crippen LogP contribution in [0.25, 0.3) is 0 Å². The lowest BCUT2D eigenvalue weighted by Gasteiger charge is -2.17. The van der Waals surface area contributed by atoms with Crippen molar-refractivity contribution in [3.05, 3.63) is 102 Å². The quantitative estimate of drug-likeness (QED) is 0.483. The summed E-state index contributed by atoms with van der Waals surface area (Å²) in [5, 5.41) is 0. The number of methoxy groups -OCH3 is 1. The summed E-state index contributed by atoms with van der Waals surface area (Å²) in [6.07, 6.45) is -1.99. The first-order chi connectivity index (χ1) is 15.7. The maximum absolute atomic E-state index is 13.2. The largest absolute Gasteiger partial charge is 0.497 e. The summed E-state index contributed by atoms with van der Waals surface area (Å²) in [5.74, 6) is -0.0689. The van der Waals surface area contributed by atoms with Crippen LogP contribution in [-0.2, 0) is 38.8 Å². The molecule has 0 aromatic heterocycles. The smallest absolute Gasteiger partial charge is 0.261 e. The van der Waals surface area contributed by atoms with E-state index in [1.165, 1.54) is 4.90 Å². The Bertz CT molecular complexity index is 975. The molecular weight excluding hydrogens is 406 g/mol. The number of carbonyl (C=O) groups is 2. The number of imide groups is 1. The first-order valence-electron chi connectivity index (χ1n) is 10.4. The molecule has 2 atom stereocenters. The molecule has 32 heavy (non-hydrogen) atoms. The fourth-order valence-electron chi connectivity index (χ4n) is 3.58. The van der Waals surface area contributed by atoms with Gasteiger partial charge >= 0.3 is 0 Å². The summed E-state index contributed by atoms with van der Waals surface area (Å²) in [6.45, 7) is 0.580. The Morgan fingerprint density at radius 3 is 1.56 bits per heavy atom. The van der Waals surface area contributed by atoms with Gasteiger partial charge < -0.3 is 14.2 Å². The van der Waals surface area contributed by atoms with Crippen molar-refractivity contribution in [1.29, 1.82) is 0 Å². The number of nitrogens with zero attached hydrogens (tertiary/aromatic N) is 1. The lowest BCUT2D eigenvalue weighted by Crippen LogP contribution is -2.34. The number of likely N-dealkylation sites (tertiary alicyclic amines) is 1. The number of carbonyl (C=O) groups excluding carboxylic acids is 2. The Hall–Kier alpha value is -3.48. The third-order valence-electron chi connectivity index (χ3n) is 5.34. The highest BCUT2D eigenvalue weighted by molar-refractivity contribution is 6.08. The molecule has 6 heteroatoms. The Balaban J connectivity index is 1.50. The van der Waals surface area contributed by atoms with Gasteiger partial charge in [0.25, 0.3) is 11.8 Å². The molecule has 3 aromatic carbocycles. The van der Waals surface area contributed by atoms with E-state index >= 15 is 0 Å². The number of amides is 2. The number of hydrogen-bond acceptors (Lipinski definition) is 5. The van der Waals surface area contributed by atoms with Crippen LogP contribution in [0.5, 0.6) is 5.75 Å². The van der Waals surface area contributed by atoms with Crippen molar-refractivity contribution in [2.24, 2.45) is 0 Å². The maximum atomic E-state index is 13.2. The fourth-order valence-corrected chi connectivity index (χ4v) is 3.58. The van der Waals surface area contributed by atoms with Crippen LogP contribution >= 0.6 is 0 Å². The van der Waals surface area contributed by atoms with Gasteiger partial charge in [0.15, 0.2) is 12.2 Å². The van der Waals surface area contributed by atoms with Crippen LogP contribution in [0.2, 0.25) is 0 Å². The molecule has 0 N–H and O–H groups in total. The van der Waals surface area contributed by atoms with Gasteiger partial charge in [-0.3, -0.25) is 14.5 Å².